The van der Waals surface area contributed by atoms with Gasteiger partial charge in [0.15, 0.2) is 5.76 Å². The molecule has 0 radical (unpaired) electrons. The fourth-order valence-electron chi connectivity index (χ4n) is 2.38. The molecule has 0 aliphatic carbocycles. The zero-order valence-electron chi connectivity index (χ0n) is 15.5. The molecule has 0 saturated heterocycles. The molecule has 3 rings (SSSR count). The van der Waals surface area contributed by atoms with Gasteiger partial charge in [0, 0.05) is 24.2 Å². The van der Waals surface area contributed by atoms with Crippen molar-refractivity contribution in [2.75, 3.05) is 5.32 Å². The number of carbonyl (C=O) groups is 2. The molecule has 2 aromatic carbocycles. The molecule has 2 N–H and O–H groups in total. The molecule has 148 valence electrons. The first kappa shape index (κ1) is 19.8. The Morgan fingerprint density at radius 2 is 1.93 bits per heavy atom. The van der Waals surface area contributed by atoms with Crippen LogP contribution in [0.4, 0.5) is 10.1 Å². The molecule has 0 saturated carbocycles. The van der Waals surface area contributed by atoms with Gasteiger partial charge in [0.2, 0.25) is 5.91 Å². The largest absolute Gasteiger partial charge is 0.460 e. The number of nitrogens with zero attached hydrogens (tertiary/aromatic N) is 1. The van der Waals surface area contributed by atoms with Crippen molar-refractivity contribution < 1.29 is 23.1 Å². The standard InChI is InChI=1S/C21H18FN3O4/c1-14(26)24-18-4-2-3-16(11-18)21(27)25-23-12-19-9-10-20(29-19)28-13-15-5-7-17(22)8-6-15/h2-12H,13H2,1H3,(H,24,26)(H,25,27)/b23-12+. The number of rotatable bonds is 7. The van der Waals surface area contributed by atoms with Gasteiger partial charge in [-0.05, 0) is 42.0 Å². The highest BCUT2D eigenvalue weighted by Crippen LogP contribution is 2.16. The van der Waals surface area contributed by atoms with Gasteiger partial charge in [0.05, 0.1) is 6.21 Å². The second-order valence-electron chi connectivity index (χ2n) is 6.03. The zero-order chi connectivity index (χ0) is 20.6. The van der Waals surface area contributed by atoms with Crippen molar-refractivity contribution in [3.05, 3.63) is 83.4 Å². The maximum atomic E-state index is 12.9. The predicted molar refractivity (Wildman–Crippen MR) is 105 cm³/mol. The first-order chi connectivity index (χ1) is 14.0. The monoisotopic (exact) mass is 395 g/mol. The van der Waals surface area contributed by atoms with E-state index in [0.29, 0.717) is 17.0 Å². The molecular formula is C21H18FN3O4. The quantitative estimate of drug-likeness (QED) is 0.471. The predicted octanol–water partition coefficient (Wildman–Crippen LogP) is 3.72. The van der Waals surface area contributed by atoms with E-state index in [9.17, 15) is 14.0 Å². The highest BCUT2D eigenvalue weighted by Gasteiger charge is 2.06. The summed E-state index contributed by atoms with van der Waals surface area (Å²) in [5.74, 6) is -0.325. The zero-order valence-corrected chi connectivity index (χ0v) is 15.5. The van der Waals surface area contributed by atoms with E-state index in [1.807, 2.05) is 0 Å². The van der Waals surface area contributed by atoms with Crippen molar-refractivity contribution >= 4 is 23.7 Å². The third-order valence-electron chi connectivity index (χ3n) is 3.70. The molecule has 0 fully saturated rings. The van der Waals surface area contributed by atoms with Crippen molar-refractivity contribution in [2.45, 2.75) is 13.5 Å². The molecule has 0 aliphatic heterocycles. The lowest BCUT2D eigenvalue weighted by atomic mass is 10.2. The molecule has 0 unspecified atom stereocenters. The van der Waals surface area contributed by atoms with Crippen LogP contribution in [0.5, 0.6) is 5.95 Å². The molecule has 7 nitrogen and oxygen atoms in total. The molecule has 0 bridgehead atoms. The summed E-state index contributed by atoms with van der Waals surface area (Å²) in [6.07, 6.45) is 1.33. The second-order valence-corrected chi connectivity index (χ2v) is 6.03. The molecule has 2 amide bonds. The van der Waals surface area contributed by atoms with Crippen molar-refractivity contribution in [2.24, 2.45) is 5.10 Å². The minimum absolute atomic E-state index is 0.226. The fraction of sp³-hybridized carbons (Fsp3) is 0.0952. The summed E-state index contributed by atoms with van der Waals surface area (Å²) >= 11 is 0. The summed E-state index contributed by atoms with van der Waals surface area (Å²) in [5, 5.41) is 6.45. The van der Waals surface area contributed by atoms with Crippen LogP contribution >= 0.6 is 0 Å². The van der Waals surface area contributed by atoms with Crippen LogP contribution in [0, 0.1) is 5.82 Å². The highest BCUT2D eigenvalue weighted by molar-refractivity contribution is 5.97. The molecule has 0 spiro atoms. The normalized spacial score (nSPS) is 10.7. The van der Waals surface area contributed by atoms with Gasteiger partial charge in [0.25, 0.3) is 11.9 Å². The van der Waals surface area contributed by atoms with E-state index in [2.05, 4.69) is 15.8 Å². The van der Waals surface area contributed by atoms with E-state index in [1.54, 1.807) is 48.5 Å². The number of anilines is 1. The van der Waals surface area contributed by atoms with Crippen LogP contribution in [0.3, 0.4) is 0 Å². The lowest BCUT2D eigenvalue weighted by Crippen LogP contribution is -2.18. The summed E-state index contributed by atoms with van der Waals surface area (Å²) < 4.78 is 23.8. The van der Waals surface area contributed by atoms with E-state index >= 15 is 0 Å². The molecule has 1 heterocycles. The maximum absolute atomic E-state index is 12.9. The number of hydrogen-bond acceptors (Lipinski definition) is 5. The van der Waals surface area contributed by atoms with Gasteiger partial charge in [-0.3, -0.25) is 9.59 Å². The van der Waals surface area contributed by atoms with E-state index in [4.69, 9.17) is 9.15 Å². The molecule has 0 atom stereocenters. The summed E-state index contributed by atoms with van der Waals surface area (Å²) in [7, 11) is 0. The van der Waals surface area contributed by atoms with Gasteiger partial charge in [-0.1, -0.05) is 18.2 Å². The van der Waals surface area contributed by atoms with Crippen LogP contribution in [0.25, 0.3) is 0 Å². The molecule has 29 heavy (non-hydrogen) atoms. The van der Waals surface area contributed by atoms with Crippen LogP contribution in [-0.2, 0) is 11.4 Å². The van der Waals surface area contributed by atoms with Gasteiger partial charge in [-0.2, -0.15) is 5.10 Å². The average Bonchev–Trinajstić information content (AvgIpc) is 3.15. The molecule has 8 heteroatoms. The average molecular weight is 395 g/mol. The lowest BCUT2D eigenvalue weighted by Gasteiger charge is -2.04. The summed E-state index contributed by atoms with van der Waals surface area (Å²) in [6.45, 7) is 1.61. The third kappa shape index (κ3) is 6.03. The number of ether oxygens (including phenoxy) is 1. The number of hydrazone groups is 1. The Morgan fingerprint density at radius 1 is 1.14 bits per heavy atom. The minimum atomic E-state index is -0.437. The summed E-state index contributed by atoms with van der Waals surface area (Å²) in [5.41, 5.74) is 4.04. The van der Waals surface area contributed by atoms with E-state index in [-0.39, 0.29) is 24.3 Å². The van der Waals surface area contributed by atoms with Gasteiger partial charge >= 0.3 is 0 Å². The van der Waals surface area contributed by atoms with Gasteiger partial charge in [-0.25, -0.2) is 9.82 Å². The Balaban J connectivity index is 1.52. The van der Waals surface area contributed by atoms with Crippen molar-refractivity contribution in [3.63, 3.8) is 0 Å². The van der Waals surface area contributed by atoms with Crippen LogP contribution in [0.2, 0.25) is 0 Å². The molecule has 0 aliphatic rings. The Kier molecular flexibility index (Phi) is 6.36. The Morgan fingerprint density at radius 3 is 2.69 bits per heavy atom. The molecular weight excluding hydrogens is 377 g/mol. The first-order valence-corrected chi connectivity index (χ1v) is 8.68. The topological polar surface area (TPSA) is 92.9 Å². The fourth-order valence-corrected chi connectivity index (χ4v) is 2.38. The number of benzene rings is 2. The lowest BCUT2D eigenvalue weighted by molar-refractivity contribution is -0.114. The number of halogens is 1. The number of nitrogens with one attached hydrogen (secondary N) is 2. The Hall–Kier alpha value is -3.94. The van der Waals surface area contributed by atoms with Crippen LogP contribution in [0.15, 0.2) is 70.2 Å². The third-order valence-corrected chi connectivity index (χ3v) is 3.70. The van der Waals surface area contributed by atoms with Crippen molar-refractivity contribution in [1.82, 2.24) is 5.43 Å². The number of amides is 2. The van der Waals surface area contributed by atoms with E-state index in [1.165, 1.54) is 25.3 Å². The second kappa shape index (κ2) is 9.32. The van der Waals surface area contributed by atoms with Gasteiger partial charge < -0.3 is 14.5 Å². The SMILES string of the molecule is CC(=O)Nc1cccc(C(=O)N/N=C/c2ccc(OCc3ccc(F)cc3)o2)c1. The van der Waals surface area contributed by atoms with E-state index in [0.717, 1.165) is 5.56 Å². The summed E-state index contributed by atoms with van der Waals surface area (Å²) in [4.78, 5) is 23.2. The Labute approximate surface area is 166 Å². The number of furan rings is 1. The molecule has 1 aromatic heterocycles. The Bertz CT molecular complexity index is 1030. The summed E-state index contributed by atoms with van der Waals surface area (Å²) in [6, 6.07) is 15.7. The van der Waals surface area contributed by atoms with Crippen LogP contribution in [0.1, 0.15) is 28.6 Å². The van der Waals surface area contributed by atoms with Gasteiger partial charge in [-0.15, -0.1) is 0 Å². The maximum Gasteiger partial charge on any atom is 0.285 e. The van der Waals surface area contributed by atoms with Crippen molar-refractivity contribution in [1.29, 1.82) is 0 Å². The number of hydrogen-bond donors (Lipinski definition) is 2. The van der Waals surface area contributed by atoms with Gasteiger partial charge in [0.1, 0.15) is 12.4 Å². The van der Waals surface area contributed by atoms with Crippen LogP contribution in [-0.4, -0.2) is 18.0 Å². The first-order valence-electron chi connectivity index (χ1n) is 8.68. The smallest absolute Gasteiger partial charge is 0.285 e. The van der Waals surface area contributed by atoms with Crippen molar-refractivity contribution in [3.8, 4) is 5.95 Å². The molecule has 3 aromatic rings. The van der Waals surface area contributed by atoms with Crippen LogP contribution < -0.4 is 15.5 Å². The minimum Gasteiger partial charge on any atom is -0.460 e. The van der Waals surface area contributed by atoms with E-state index < -0.39 is 5.91 Å². The highest BCUT2D eigenvalue weighted by atomic mass is 19.1. The number of carbonyl (C=O) groups excluding carboxylic acids is 2.